The molecule has 0 saturated heterocycles. The lowest BCUT2D eigenvalue weighted by molar-refractivity contribution is 0.339. The molecule has 5 nitrogen and oxygen atoms in total. The van der Waals surface area contributed by atoms with Gasteiger partial charge in [-0.2, -0.15) is 4.98 Å². The summed E-state index contributed by atoms with van der Waals surface area (Å²) in [6.45, 7) is 4.29. The molecule has 100 valence electrons. The highest BCUT2D eigenvalue weighted by Gasteiger charge is 2.10. The molecule has 0 atom stereocenters. The quantitative estimate of drug-likeness (QED) is 0.870. The van der Waals surface area contributed by atoms with Crippen molar-refractivity contribution < 1.29 is 9.47 Å². The van der Waals surface area contributed by atoms with Crippen LogP contribution < -0.4 is 15.2 Å². The molecular weight excluding hydrogens is 266 g/mol. The minimum absolute atomic E-state index is 0.104. The van der Waals surface area contributed by atoms with E-state index in [0.717, 1.165) is 5.75 Å². The molecule has 19 heavy (non-hydrogen) atoms. The fourth-order valence-electron chi connectivity index (χ4n) is 1.48. The molecule has 0 aliphatic rings. The van der Waals surface area contributed by atoms with Gasteiger partial charge in [-0.3, -0.25) is 0 Å². The predicted molar refractivity (Wildman–Crippen MR) is 73.9 cm³/mol. The number of nitrogen functional groups attached to an aromatic ring is 1. The van der Waals surface area contributed by atoms with Crippen molar-refractivity contribution in [2.75, 3.05) is 12.3 Å². The number of aryl methyl sites for hydroxylation is 1. The van der Waals surface area contributed by atoms with Gasteiger partial charge in [-0.05, 0) is 49.7 Å². The molecule has 0 amide bonds. The topological polar surface area (TPSA) is 70.3 Å². The Bertz CT molecular complexity index is 573. The Morgan fingerprint density at radius 1 is 1.16 bits per heavy atom. The van der Waals surface area contributed by atoms with E-state index in [1.807, 2.05) is 19.1 Å². The molecule has 0 unspecified atom stereocenters. The molecule has 0 aliphatic carbocycles. The zero-order valence-electron chi connectivity index (χ0n) is 10.7. The van der Waals surface area contributed by atoms with Crippen LogP contribution in [0.1, 0.15) is 12.6 Å². The van der Waals surface area contributed by atoms with Gasteiger partial charge in [-0.25, -0.2) is 4.98 Å². The highest BCUT2D eigenvalue weighted by molar-refractivity contribution is 6.28. The second-order valence-corrected chi connectivity index (χ2v) is 4.14. The summed E-state index contributed by atoms with van der Waals surface area (Å²) < 4.78 is 10.9. The lowest BCUT2D eigenvalue weighted by Crippen LogP contribution is -2.01. The Morgan fingerprint density at radius 2 is 1.79 bits per heavy atom. The number of benzene rings is 1. The number of nitrogens with zero attached hydrogens (tertiary/aromatic N) is 2. The third-order valence-electron chi connectivity index (χ3n) is 2.42. The zero-order valence-corrected chi connectivity index (χ0v) is 11.4. The smallest absolute Gasteiger partial charge is 0.247 e. The Morgan fingerprint density at radius 3 is 2.42 bits per heavy atom. The number of anilines is 1. The van der Waals surface area contributed by atoms with Crippen molar-refractivity contribution in [3.63, 3.8) is 0 Å². The van der Waals surface area contributed by atoms with Crippen LogP contribution >= 0.6 is 11.6 Å². The molecule has 1 aromatic carbocycles. The Kier molecular flexibility index (Phi) is 4.06. The average molecular weight is 280 g/mol. The number of aromatic nitrogens is 2. The lowest BCUT2D eigenvalue weighted by Gasteiger charge is -2.09. The van der Waals surface area contributed by atoms with E-state index in [1.54, 1.807) is 19.1 Å². The third kappa shape index (κ3) is 3.26. The predicted octanol–water partition coefficient (Wildman–Crippen LogP) is 3.21. The first-order valence-electron chi connectivity index (χ1n) is 5.80. The third-order valence-corrected chi connectivity index (χ3v) is 2.59. The SMILES string of the molecule is CCOc1ccc(Oc2nc(Cl)nc(C)c2N)cc1. The maximum Gasteiger partial charge on any atom is 0.247 e. The first kappa shape index (κ1) is 13.4. The summed E-state index contributed by atoms with van der Waals surface area (Å²) in [5, 5.41) is 0.104. The number of halogens is 1. The molecule has 1 heterocycles. The van der Waals surface area contributed by atoms with Crippen LogP contribution in [0.2, 0.25) is 5.28 Å². The molecule has 1 aromatic heterocycles. The molecule has 2 aromatic rings. The standard InChI is InChI=1S/C13H14ClN3O2/c1-3-18-9-4-6-10(7-5-9)19-12-11(15)8(2)16-13(14)17-12/h4-7H,3,15H2,1-2H3. The summed E-state index contributed by atoms with van der Waals surface area (Å²) in [7, 11) is 0. The van der Waals surface area contributed by atoms with Gasteiger partial charge in [0, 0.05) is 0 Å². The van der Waals surface area contributed by atoms with Gasteiger partial charge < -0.3 is 15.2 Å². The van der Waals surface area contributed by atoms with Crippen molar-refractivity contribution >= 4 is 17.3 Å². The van der Waals surface area contributed by atoms with Crippen LogP contribution in [0.5, 0.6) is 17.4 Å². The summed E-state index contributed by atoms with van der Waals surface area (Å²) in [4.78, 5) is 7.91. The largest absolute Gasteiger partial charge is 0.494 e. The molecule has 0 radical (unpaired) electrons. The second kappa shape index (κ2) is 5.75. The molecule has 6 heteroatoms. The van der Waals surface area contributed by atoms with E-state index in [0.29, 0.717) is 23.7 Å². The highest BCUT2D eigenvalue weighted by atomic mass is 35.5. The van der Waals surface area contributed by atoms with E-state index in [2.05, 4.69) is 9.97 Å². The number of ether oxygens (including phenoxy) is 2. The van der Waals surface area contributed by atoms with Crippen LogP contribution in [0.4, 0.5) is 5.69 Å². The van der Waals surface area contributed by atoms with Gasteiger partial charge in [0.2, 0.25) is 11.2 Å². The van der Waals surface area contributed by atoms with Gasteiger partial charge in [-0.1, -0.05) is 0 Å². The van der Waals surface area contributed by atoms with Crippen molar-refractivity contribution in [3.8, 4) is 17.4 Å². The highest BCUT2D eigenvalue weighted by Crippen LogP contribution is 2.29. The van der Waals surface area contributed by atoms with Crippen LogP contribution in [0.25, 0.3) is 0 Å². The van der Waals surface area contributed by atoms with Crippen LogP contribution in [-0.2, 0) is 0 Å². The van der Waals surface area contributed by atoms with Crippen LogP contribution in [-0.4, -0.2) is 16.6 Å². The van der Waals surface area contributed by atoms with Gasteiger partial charge in [-0.15, -0.1) is 0 Å². The molecule has 0 fully saturated rings. The molecule has 0 spiro atoms. The van der Waals surface area contributed by atoms with Gasteiger partial charge in [0.1, 0.15) is 17.2 Å². The first-order chi connectivity index (χ1) is 9.10. The Balaban J connectivity index is 2.21. The molecule has 2 N–H and O–H groups in total. The summed E-state index contributed by atoms with van der Waals surface area (Å²) in [5.74, 6) is 1.63. The van der Waals surface area contributed by atoms with Gasteiger partial charge in [0.15, 0.2) is 0 Å². The molecule has 2 rings (SSSR count). The van der Waals surface area contributed by atoms with E-state index in [1.165, 1.54) is 0 Å². The lowest BCUT2D eigenvalue weighted by atomic mass is 10.3. The number of nitrogens with two attached hydrogens (primary N) is 1. The van der Waals surface area contributed by atoms with E-state index >= 15 is 0 Å². The molecular formula is C13H14ClN3O2. The normalized spacial score (nSPS) is 10.3. The molecule has 0 bridgehead atoms. The summed E-state index contributed by atoms with van der Waals surface area (Å²) in [6.07, 6.45) is 0. The number of hydrogen-bond donors (Lipinski definition) is 1. The van der Waals surface area contributed by atoms with E-state index in [4.69, 9.17) is 26.8 Å². The monoisotopic (exact) mass is 279 g/mol. The van der Waals surface area contributed by atoms with Crippen molar-refractivity contribution in [1.29, 1.82) is 0 Å². The average Bonchev–Trinajstić information content (AvgIpc) is 2.38. The van der Waals surface area contributed by atoms with Crippen molar-refractivity contribution in [2.45, 2.75) is 13.8 Å². The maximum absolute atomic E-state index is 5.84. The van der Waals surface area contributed by atoms with Gasteiger partial charge in [0.25, 0.3) is 0 Å². The van der Waals surface area contributed by atoms with Crippen LogP contribution in [0.15, 0.2) is 24.3 Å². The number of hydrogen-bond acceptors (Lipinski definition) is 5. The minimum atomic E-state index is 0.104. The van der Waals surface area contributed by atoms with E-state index in [-0.39, 0.29) is 11.2 Å². The van der Waals surface area contributed by atoms with Crippen molar-refractivity contribution in [3.05, 3.63) is 35.2 Å². The maximum atomic E-state index is 5.84. The molecule has 0 saturated carbocycles. The molecule has 0 aliphatic heterocycles. The number of rotatable bonds is 4. The van der Waals surface area contributed by atoms with Crippen LogP contribution in [0.3, 0.4) is 0 Å². The first-order valence-corrected chi connectivity index (χ1v) is 6.18. The fraction of sp³-hybridized carbons (Fsp3) is 0.231. The minimum Gasteiger partial charge on any atom is -0.494 e. The fourth-order valence-corrected chi connectivity index (χ4v) is 1.69. The Labute approximate surface area is 116 Å². The van der Waals surface area contributed by atoms with Crippen molar-refractivity contribution in [2.24, 2.45) is 0 Å². The van der Waals surface area contributed by atoms with Gasteiger partial charge in [0.05, 0.1) is 12.3 Å². The van der Waals surface area contributed by atoms with E-state index < -0.39 is 0 Å². The second-order valence-electron chi connectivity index (χ2n) is 3.80. The summed E-state index contributed by atoms with van der Waals surface area (Å²) in [5.41, 5.74) is 6.80. The van der Waals surface area contributed by atoms with Crippen molar-refractivity contribution in [1.82, 2.24) is 9.97 Å². The zero-order chi connectivity index (χ0) is 13.8. The summed E-state index contributed by atoms with van der Waals surface area (Å²) >= 11 is 5.78. The summed E-state index contributed by atoms with van der Waals surface area (Å²) in [6, 6.07) is 7.17. The van der Waals surface area contributed by atoms with Gasteiger partial charge >= 0.3 is 0 Å². The van der Waals surface area contributed by atoms with Crippen LogP contribution in [0, 0.1) is 6.92 Å². The van der Waals surface area contributed by atoms with E-state index in [9.17, 15) is 0 Å². The Hall–Kier alpha value is -2.01.